The van der Waals surface area contributed by atoms with Crippen molar-refractivity contribution < 1.29 is 32.3 Å². The summed E-state index contributed by atoms with van der Waals surface area (Å²) in [6, 6.07) is 0. The van der Waals surface area contributed by atoms with Gasteiger partial charge in [0.25, 0.3) is 0 Å². The Balaban J connectivity index is 0. The van der Waals surface area contributed by atoms with Crippen molar-refractivity contribution in [2.24, 2.45) is 16.5 Å². The van der Waals surface area contributed by atoms with Gasteiger partial charge in [-0.3, -0.25) is 4.79 Å². The molecule has 0 aliphatic rings. The van der Waals surface area contributed by atoms with Gasteiger partial charge in [-0.25, -0.2) is 4.99 Å². The Morgan fingerprint density at radius 2 is 2.00 bits per heavy atom. The predicted octanol–water partition coefficient (Wildman–Crippen LogP) is -1.66. The van der Waals surface area contributed by atoms with E-state index in [1.165, 1.54) is 0 Å². The number of nitrogens with zero attached hydrogens (tertiary/aromatic N) is 1. The molecule has 1 radical (unpaired) electrons. The van der Waals surface area contributed by atoms with Crippen LogP contribution in [0.15, 0.2) is 4.99 Å². The third kappa shape index (κ3) is 11.2. The van der Waals surface area contributed by atoms with Crippen molar-refractivity contribution in [2.75, 3.05) is 6.54 Å². The first-order valence-electron chi connectivity index (χ1n) is 1.90. The normalized spacial score (nSPS) is 7.11. The average Bonchev–Trinajstić information content (AvgIpc) is 1.61. The van der Waals surface area contributed by atoms with Crippen molar-refractivity contribution in [3.8, 4) is 0 Å². The maximum Gasteiger partial charge on any atom is 0.325 e. The van der Waals surface area contributed by atoms with Crippen molar-refractivity contribution in [3.63, 3.8) is 0 Å². The molecule has 0 aromatic rings. The number of rotatable bonds is 2. The molecular weight excluding hydrogens is 218 g/mol. The van der Waals surface area contributed by atoms with Crippen LogP contribution >= 0.6 is 0 Å². The minimum absolute atomic E-state index is 0. The molecule has 0 aliphatic carbocycles. The zero-order chi connectivity index (χ0) is 6.57. The largest absolute Gasteiger partial charge is 0.480 e. The van der Waals surface area contributed by atoms with Gasteiger partial charge in [-0.2, -0.15) is 0 Å². The molecule has 0 rings (SSSR count). The fraction of sp³-hybridized carbons (Fsp3) is 0.333. The van der Waals surface area contributed by atoms with Crippen LogP contribution in [0.3, 0.4) is 0 Å². The molecule has 0 atom stereocenters. The van der Waals surface area contributed by atoms with E-state index in [1.54, 1.807) is 0 Å². The first kappa shape index (κ1) is 11.3. The zero-order valence-corrected chi connectivity index (χ0v) is 5.95. The van der Waals surface area contributed by atoms with Crippen LogP contribution in [-0.4, -0.2) is 23.6 Å². The summed E-state index contributed by atoms with van der Waals surface area (Å²) in [5.41, 5.74) is 9.61. The summed E-state index contributed by atoms with van der Waals surface area (Å²) in [6.07, 6.45) is 0. The minimum Gasteiger partial charge on any atom is -0.480 e. The SMILES string of the molecule is NC(N)=NCC(=O)O.[Ag]. The van der Waals surface area contributed by atoms with E-state index in [-0.39, 0.29) is 34.9 Å². The summed E-state index contributed by atoms with van der Waals surface area (Å²) < 4.78 is 0. The molecule has 0 aliphatic heterocycles. The summed E-state index contributed by atoms with van der Waals surface area (Å²) in [6.45, 7) is -0.359. The fourth-order valence-electron chi connectivity index (χ4n) is 0.159. The molecule has 0 heterocycles. The van der Waals surface area contributed by atoms with E-state index in [2.05, 4.69) is 4.99 Å². The number of hydrogen-bond donors (Lipinski definition) is 3. The standard InChI is InChI=1S/C3H7N3O2.Ag/c4-3(5)6-1-2(7)8;/h1H2,(H,7,8)(H4,4,5,6);. The molecule has 57 valence electrons. The number of carboxylic acids is 1. The molecule has 0 saturated heterocycles. The Morgan fingerprint density at radius 3 is 2.11 bits per heavy atom. The van der Waals surface area contributed by atoms with Gasteiger partial charge in [0.15, 0.2) is 5.96 Å². The van der Waals surface area contributed by atoms with Crippen molar-refractivity contribution in [2.45, 2.75) is 0 Å². The number of hydrogen-bond acceptors (Lipinski definition) is 2. The maximum absolute atomic E-state index is 9.69. The van der Waals surface area contributed by atoms with E-state index in [9.17, 15) is 4.79 Å². The van der Waals surface area contributed by atoms with Crippen molar-refractivity contribution in [1.82, 2.24) is 0 Å². The molecule has 0 saturated carbocycles. The summed E-state index contributed by atoms with van der Waals surface area (Å²) in [5, 5.41) is 7.94. The summed E-state index contributed by atoms with van der Waals surface area (Å²) in [7, 11) is 0. The first-order valence-corrected chi connectivity index (χ1v) is 1.90. The molecule has 5 nitrogen and oxygen atoms in total. The van der Waals surface area contributed by atoms with E-state index in [0.717, 1.165) is 0 Å². The molecule has 0 unspecified atom stereocenters. The third-order valence-corrected chi connectivity index (χ3v) is 0.397. The van der Waals surface area contributed by atoms with Gasteiger partial charge in [0.1, 0.15) is 6.54 Å². The van der Waals surface area contributed by atoms with Gasteiger partial charge < -0.3 is 16.6 Å². The molecule has 0 amide bonds. The van der Waals surface area contributed by atoms with Crippen LogP contribution in [0.1, 0.15) is 0 Å². The van der Waals surface area contributed by atoms with Crippen LogP contribution in [0.25, 0.3) is 0 Å². The van der Waals surface area contributed by atoms with E-state index in [4.69, 9.17) is 16.6 Å². The molecule has 0 aromatic carbocycles. The van der Waals surface area contributed by atoms with Gasteiger partial charge in [0, 0.05) is 22.4 Å². The van der Waals surface area contributed by atoms with Gasteiger partial charge in [-0.05, 0) is 0 Å². The van der Waals surface area contributed by atoms with Crippen molar-refractivity contribution in [1.29, 1.82) is 0 Å². The van der Waals surface area contributed by atoms with Crippen LogP contribution in [-0.2, 0) is 27.2 Å². The second-order valence-corrected chi connectivity index (χ2v) is 1.13. The number of aliphatic imine (C=N–C) groups is 1. The number of carboxylic acid groups (broad SMARTS) is 1. The van der Waals surface area contributed by atoms with Crippen LogP contribution in [0, 0.1) is 0 Å². The predicted molar refractivity (Wildman–Crippen MR) is 28.3 cm³/mol. The molecule has 5 N–H and O–H groups in total. The minimum atomic E-state index is -1.04. The van der Waals surface area contributed by atoms with Crippen LogP contribution in [0.5, 0.6) is 0 Å². The Morgan fingerprint density at radius 1 is 1.56 bits per heavy atom. The van der Waals surface area contributed by atoms with Gasteiger partial charge in [-0.1, -0.05) is 0 Å². The Bertz CT molecular complexity index is 120. The molecule has 0 fully saturated rings. The van der Waals surface area contributed by atoms with Crippen molar-refractivity contribution >= 4 is 11.9 Å². The van der Waals surface area contributed by atoms with Crippen LogP contribution in [0.4, 0.5) is 0 Å². The quantitative estimate of drug-likeness (QED) is 0.297. The van der Waals surface area contributed by atoms with Crippen LogP contribution < -0.4 is 11.5 Å². The number of nitrogens with two attached hydrogens (primary N) is 2. The van der Waals surface area contributed by atoms with E-state index in [0.29, 0.717) is 0 Å². The van der Waals surface area contributed by atoms with Crippen molar-refractivity contribution in [3.05, 3.63) is 0 Å². The van der Waals surface area contributed by atoms with Gasteiger partial charge in [-0.15, -0.1) is 0 Å². The second-order valence-electron chi connectivity index (χ2n) is 1.13. The molecule has 0 bridgehead atoms. The van der Waals surface area contributed by atoms with E-state index >= 15 is 0 Å². The molecule has 0 aromatic heterocycles. The number of carbonyl (C=O) groups is 1. The van der Waals surface area contributed by atoms with Gasteiger partial charge >= 0.3 is 5.97 Å². The Hall–Kier alpha value is -0.520. The summed E-state index contributed by atoms with van der Waals surface area (Å²) in [5.74, 6) is -1.24. The smallest absolute Gasteiger partial charge is 0.325 e. The number of guanidine groups is 1. The Labute approximate surface area is 67.6 Å². The third-order valence-electron chi connectivity index (χ3n) is 0.397. The molecule has 6 heteroatoms. The van der Waals surface area contributed by atoms with E-state index < -0.39 is 5.97 Å². The molecular formula is C3H7AgN3O2. The van der Waals surface area contributed by atoms with Gasteiger partial charge in [0.05, 0.1) is 0 Å². The number of aliphatic carboxylic acids is 1. The summed E-state index contributed by atoms with van der Waals surface area (Å²) in [4.78, 5) is 12.9. The monoisotopic (exact) mass is 224 g/mol. The average molecular weight is 225 g/mol. The summed E-state index contributed by atoms with van der Waals surface area (Å²) >= 11 is 0. The second kappa shape index (κ2) is 5.61. The van der Waals surface area contributed by atoms with E-state index in [1.807, 2.05) is 0 Å². The topological polar surface area (TPSA) is 102 Å². The zero-order valence-electron chi connectivity index (χ0n) is 4.47. The Kier molecular flexibility index (Phi) is 7.05. The fourth-order valence-corrected chi connectivity index (χ4v) is 0.159. The molecule has 9 heavy (non-hydrogen) atoms. The molecule has 0 spiro atoms. The van der Waals surface area contributed by atoms with Gasteiger partial charge in [0.2, 0.25) is 0 Å². The maximum atomic E-state index is 9.69. The van der Waals surface area contributed by atoms with Crippen LogP contribution in [0.2, 0.25) is 0 Å². The first-order chi connectivity index (χ1) is 3.63.